The molecule has 0 bridgehead atoms. The molecule has 0 saturated heterocycles. The number of nitrogens with zero attached hydrogens (tertiary/aromatic N) is 3. The summed E-state index contributed by atoms with van der Waals surface area (Å²) < 4.78 is 20.2. The molecule has 9 heteroatoms. The number of amides is 2. The van der Waals surface area contributed by atoms with Crippen LogP contribution in [0.1, 0.15) is 28.5 Å². The maximum absolute atomic E-state index is 13.8. The second-order valence-corrected chi connectivity index (χ2v) is 9.11. The van der Waals surface area contributed by atoms with E-state index in [4.69, 9.17) is 16.0 Å². The lowest BCUT2D eigenvalue weighted by Gasteiger charge is -2.43. The Kier molecular flexibility index (Phi) is 5.68. The molecule has 1 aliphatic heterocycles. The average Bonchev–Trinajstić information content (AvgIpc) is 3.51. The van der Waals surface area contributed by atoms with Crippen LogP contribution in [0.2, 0.25) is 5.02 Å². The van der Waals surface area contributed by atoms with Crippen LogP contribution in [-0.4, -0.2) is 27.1 Å². The Bertz CT molecular complexity index is 1420. The van der Waals surface area contributed by atoms with E-state index in [0.29, 0.717) is 27.9 Å². The first-order valence-electron chi connectivity index (χ1n) is 11.0. The predicted molar refractivity (Wildman–Crippen MR) is 130 cm³/mol. The van der Waals surface area contributed by atoms with Crippen LogP contribution < -0.4 is 10.2 Å². The van der Waals surface area contributed by atoms with Crippen molar-refractivity contribution in [2.24, 2.45) is 0 Å². The zero-order valence-corrected chi connectivity index (χ0v) is 19.8. The highest BCUT2D eigenvalue weighted by molar-refractivity contribution is 6.31. The number of halogens is 2. The van der Waals surface area contributed by atoms with E-state index in [2.05, 4.69) is 10.4 Å². The van der Waals surface area contributed by atoms with Gasteiger partial charge in [0.1, 0.15) is 22.7 Å². The van der Waals surface area contributed by atoms with Crippen molar-refractivity contribution >= 4 is 29.1 Å². The first-order valence-corrected chi connectivity index (χ1v) is 11.4. The van der Waals surface area contributed by atoms with Crippen LogP contribution >= 0.6 is 11.6 Å². The zero-order chi connectivity index (χ0) is 24.7. The Labute approximate surface area is 206 Å². The van der Waals surface area contributed by atoms with Gasteiger partial charge in [0.25, 0.3) is 5.91 Å². The third kappa shape index (κ3) is 4.10. The summed E-state index contributed by atoms with van der Waals surface area (Å²) >= 11 is 6.38. The van der Waals surface area contributed by atoms with Crippen molar-refractivity contribution in [2.45, 2.75) is 32.5 Å². The van der Waals surface area contributed by atoms with E-state index in [0.717, 1.165) is 11.1 Å². The van der Waals surface area contributed by atoms with Gasteiger partial charge < -0.3 is 9.73 Å². The summed E-state index contributed by atoms with van der Waals surface area (Å²) in [6.07, 6.45) is 1.53. The molecule has 1 unspecified atom stereocenters. The van der Waals surface area contributed by atoms with Crippen LogP contribution in [0.3, 0.4) is 0 Å². The number of benzene rings is 2. The Balaban J connectivity index is 1.54. The highest BCUT2D eigenvalue weighted by Gasteiger charge is 2.49. The standard InChI is InChI=1S/C26H22ClFN4O3/c1-16-5-10-19(12-20(16)27)32-24(33)22-13-21(23-4-3-11-35-23)30-31(22)15-26(32,2)25(34)29-14-17-6-8-18(28)9-7-17/h3-13H,14-15H2,1-2H3,(H,29,34). The van der Waals surface area contributed by atoms with Crippen molar-refractivity contribution in [3.8, 4) is 11.5 Å². The van der Waals surface area contributed by atoms with Gasteiger partial charge in [0.05, 0.1) is 12.8 Å². The van der Waals surface area contributed by atoms with Crippen LogP contribution in [0.25, 0.3) is 11.5 Å². The number of aryl methyl sites for hydroxylation is 1. The molecule has 2 amide bonds. The van der Waals surface area contributed by atoms with E-state index < -0.39 is 5.54 Å². The normalized spacial score (nSPS) is 17.4. The first kappa shape index (κ1) is 22.9. The SMILES string of the molecule is Cc1ccc(N2C(=O)c3cc(-c4ccco4)nn3CC2(C)C(=O)NCc2ccc(F)cc2)cc1Cl. The number of furan rings is 1. The maximum atomic E-state index is 13.8. The van der Waals surface area contributed by atoms with Crippen LogP contribution in [-0.2, 0) is 17.9 Å². The maximum Gasteiger partial charge on any atom is 0.277 e. The number of hydrogen-bond donors (Lipinski definition) is 1. The quantitative estimate of drug-likeness (QED) is 0.426. The summed E-state index contributed by atoms with van der Waals surface area (Å²) in [5, 5.41) is 7.92. The third-order valence-electron chi connectivity index (χ3n) is 6.20. The van der Waals surface area contributed by atoms with Crippen molar-refractivity contribution in [1.29, 1.82) is 0 Å². The molecule has 0 spiro atoms. The topological polar surface area (TPSA) is 80.4 Å². The fourth-order valence-electron chi connectivity index (χ4n) is 4.23. The largest absolute Gasteiger partial charge is 0.463 e. The molecule has 2 aromatic heterocycles. The lowest BCUT2D eigenvalue weighted by molar-refractivity contribution is -0.126. The van der Waals surface area contributed by atoms with E-state index in [-0.39, 0.29) is 30.7 Å². The van der Waals surface area contributed by atoms with Crippen LogP contribution in [0.15, 0.2) is 71.3 Å². The van der Waals surface area contributed by atoms with Gasteiger partial charge in [-0.05, 0) is 61.4 Å². The van der Waals surface area contributed by atoms with Crippen molar-refractivity contribution in [3.63, 3.8) is 0 Å². The molecule has 35 heavy (non-hydrogen) atoms. The van der Waals surface area contributed by atoms with Crippen LogP contribution in [0, 0.1) is 12.7 Å². The molecule has 1 atom stereocenters. The van der Waals surface area contributed by atoms with Gasteiger partial charge >= 0.3 is 0 Å². The summed E-state index contributed by atoms with van der Waals surface area (Å²) in [7, 11) is 0. The summed E-state index contributed by atoms with van der Waals surface area (Å²) in [6, 6.07) is 16.3. The second kappa shape index (κ2) is 8.70. The molecule has 1 N–H and O–H groups in total. The number of anilines is 1. The Morgan fingerprint density at radius 3 is 2.66 bits per heavy atom. The van der Waals surface area contributed by atoms with E-state index >= 15 is 0 Å². The van der Waals surface area contributed by atoms with Gasteiger partial charge in [-0.25, -0.2) is 4.39 Å². The molecule has 1 aliphatic rings. The Morgan fingerprint density at radius 2 is 1.97 bits per heavy atom. The zero-order valence-electron chi connectivity index (χ0n) is 19.1. The summed E-state index contributed by atoms with van der Waals surface area (Å²) in [5.74, 6) is -0.605. The second-order valence-electron chi connectivity index (χ2n) is 8.71. The highest BCUT2D eigenvalue weighted by Crippen LogP contribution is 2.36. The van der Waals surface area contributed by atoms with Crippen molar-refractivity contribution in [1.82, 2.24) is 15.1 Å². The Morgan fingerprint density at radius 1 is 1.20 bits per heavy atom. The monoisotopic (exact) mass is 492 g/mol. The van der Waals surface area contributed by atoms with E-state index in [1.165, 1.54) is 28.0 Å². The lowest BCUT2D eigenvalue weighted by atomic mass is 9.93. The number of aromatic nitrogens is 2. The van der Waals surface area contributed by atoms with E-state index in [1.807, 2.05) is 13.0 Å². The fraction of sp³-hybridized carbons (Fsp3) is 0.192. The average molecular weight is 493 g/mol. The Hall–Kier alpha value is -3.91. The minimum atomic E-state index is -1.32. The van der Waals surface area contributed by atoms with Crippen LogP contribution in [0.4, 0.5) is 10.1 Å². The summed E-state index contributed by atoms with van der Waals surface area (Å²) in [6.45, 7) is 3.84. The molecule has 7 nitrogen and oxygen atoms in total. The van der Waals surface area contributed by atoms with Gasteiger partial charge in [0.2, 0.25) is 5.91 Å². The first-order chi connectivity index (χ1) is 16.8. The van der Waals surface area contributed by atoms with Crippen molar-refractivity contribution < 1.29 is 18.4 Å². The molecule has 3 heterocycles. The molecule has 0 aliphatic carbocycles. The third-order valence-corrected chi connectivity index (χ3v) is 6.60. The number of carbonyl (C=O) groups is 2. The molecule has 5 rings (SSSR count). The number of fused-ring (bicyclic) bond motifs is 1. The van der Waals surface area contributed by atoms with Gasteiger partial charge in [0.15, 0.2) is 5.76 Å². The van der Waals surface area contributed by atoms with Gasteiger partial charge in [-0.2, -0.15) is 5.10 Å². The highest BCUT2D eigenvalue weighted by atomic mass is 35.5. The van der Waals surface area contributed by atoms with E-state index in [9.17, 15) is 14.0 Å². The minimum absolute atomic E-state index is 0.107. The molecular formula is C26H22ClFN4O3. The smallest absolute Gasteiger partial charge is 0.277 e. The lowest BCUT2D eigenvalue weighted by Crippen LogP contribution is -2.64. The predicted octanol–water partition coefficient (Wildman–Crippen LogP) is 4.98. The van der Waals surface area contributed by atoms with Crippen molar-refractivity contribution in [3.05, 3.63) is 94.6 Å². The fourth-order valence-corrected chi connectivity index (χ4v) is 4.40. The van der Waals surface area contributed by atoms with Crippen LogP contribution in [0.5, 0.6) is 0 Å². The number of hydrogen-bond acceptors (Lipinski definition) is 4. The number of carbonyl (C=O) groups excluding carboxylic acids is 2. The molecule has 0 fully saturated rings. The van der Waals surface area contributed by atoms with Gasteiger partial charge in [-0.1, -0.05) is 29.8 Å². The molecule has 0 radical (unpaired) electrons. The summed E-state index contributed by atoms with van der Waals surface area (Å²) in [4.78, 5) is 28.9. The van der Waals surface area contributed by atoms with E-state index in [1.54, 1.807) is 49.4 Å². The molecule has 178 valence electrons. The molecular weight excluding hydrogens is 471 g/mol. The minimum Gasteiger partial charge on any atom is -0.463 e. The number of nitrogens with one attached hydrogen (secondary N) is 1. The van der Waals surface area contributed by atoms with Gasteiger partial charge in [-0.3, -0.25) is 19.2 Å². The molecule has 4 aromatic rings. The molecule has 0 saturated carbocycles. The molecule has 2 aromatic carbocycles. The summed E-state index contributed by atoms with van der Waals surface area (Å²) in [5.41, 5.74) is 1.59. The van der Waals surface area contributed by atoms with Gasteiger partial charge in [0, 0.05) is 23.3 Å². The van der Waals surface area contributed by atoms with Crippen molar-refractivity contribution in [2.75, 3.05) is 4.90 Å². The van der Waals surface area contributed by atoms with Gasteiger partial charge in [-0.15, -0.1) is 0 Å². The number of rotatable bonds is 5.